The lowest BCUT2D eigenvalue weighted by atomic mass is 10.2. The molecule has 148 valence electrons. The summed E-state index contributed by atoms with van der Waals surface area (Å²) in [5.41, 5.74) is 1.63. The summed E-state index contributed by atoms with van der Waals surface area (Å²) < 4.78 is 18.4. The molecule has 1 heterocycles. The molecule has 0 bridgehead atoms. The van der Waals surface area contributed by atoms with Crippen molar-refractivity contribution in [2.45, 2.75) is 26.8 Å². The lowest BCUT2D eigenvalue weighted by molar-refractivity contribution is 0.0925. The van der Waals surface area contributed by atoms with E-state index in [1.165, 1.54) is 18.4 Å². The number of carbonyl (C=O) groups is 1. The maximum atomic E-state index is 13.2. The summed E-state index contributed by atoms with van der Waals surface area (Å²) in [5.74, 6) is 0.533. The van der Waals surface area contributed by atoms with Crippen LogP contribution < -0.4 is 16.0 Å². The molecule has 0 fully saturated rings. The van der Waals surface area contributed by atoms with Gasteiger partial charge >= 0.3 is 0 Å². The number of halogens is 2. The number of aryl methyl sites for hydroxylation is 1. The van der Waals surface area contributed by atoms with Crippen LogP contribution in [0.3, 0.4) is 0 Å². The standard InChI is InChI=1S/C19H25FN4O2.HI/c1-3-21-19(24-13-15-6-4-7-16(20)12-15)23-10-5-9-22-18(25)17-14(2)8-11-26-17;/h4,6-8,11-12H,3,5,9-10,13H2,1-2H3,(H,22,25)(H2,21,23,24);1H. The van der Waals surface area contributed by atoms with Crippen LogP contribution in [-0.2, 0) is 6.54 Å². The van der Waals surface area contributed by atoms with E-state index in [-0.39, 0.29) is 35.7 Å². The highest BCUT2D eigenvalue weighted by molar-refractivity contribution is 14.0. The van der Waals surface area contributed by atoms with Crippen LogP contribution >= 0.6 is 24.0 Å². The Morgan fingerprint density at radius 1 is 1.19 bits per heavy atom. The van der Waals surface area contributed by atoms with Gasteiger partial charge in [0, 0.05) is 25.2 Å². The van der Waals surface area contributed by atoms with E-state index in [9.17, 15) is 9.18 Å². The van der Waals surface area contributed by atoms with Crippen molar-refractivity contribution < 1.29 is 13.6 Å². The van der Waals surface area contributed by atoms with Gasteiger partial charge in [-0.15, -0.1) is 24.0 Å². The number of benzene rings is 1. The van der Waals surface area contributed by atoms with Gasteiger partial charge in [-0.1, -0.05) is 12.1 Å². The van der Waals surface area contributed by atoms with E-state index >= 15 is 0 Å². The molecule has 0 saturated carbocycles. The van der Waals surface area contributed by atoms with Gasteiger partial charge in [-0.25, -0.2) is 9.38 Å². The molecule has 0 aliphatic rings. The molecule has 6 nitrogen and oxygen atoms in total. The molecule has 3 N–H and O–H groups in total. The first-order valence-corrected chi connectivity index (χ1v) is 8.69. The minimum absolute atomic E-state index is 0. The lowest BCUT2D eigenvalue weighted by Crippen LogP contribution is -2.38. The number of hydrogen-bond acceptors (Lipinski definition) is 3. The number of nitrogens with zero attached hydrogens (tertiary/aromatic N) is 1. The van der Waals surface area contributed by atoms with Crippen LogP contribution in [0.5, 0.6) is 0 Å². The molecule has 0 unspecified atom stereocenters. The second-order valence-electron chi connectivity index (χ2n) is 5.79. The summed E-state index contributed by atoms with van der Waals surface area (Å²) in [4.78, 5) is 16.4. The van der Waals surface area contributed by atoms with E-state index in [1.807, 2.05) is 19.9 Å². The Hall–Kier alpha value is -2.10. The topological polar surface area (TPSA) is 78.7 Å². The molecule has 0 aliphatic carbocycles. The van der Waals surface area contributed by atoms with E-state index < -0.39 is 0 Å². The van der Waals surface area contributed by atoms with Crippen molar-refractivity contribution in [3.8, 4) is 0 Å². The smallest absolute Gasteiger partial charge is 0.287 e. The molecule has 2 aromatic rings. The van der Waals surface area contributed by atoms with Gasteiger partial charge in [0.05, 0.1) is 12.8 Å². The molecular weight excluding hydrogens is 462 g/mol. The number of rotatable bonds is 8. The number of nitrogens with one attached hydrogen (secondary N) is 3. The van der Waals surface area contributed by atoms with Gasteiger partial charge in [0.15, 0.2) is 11.7 Å². The Morgan fingerprint density at radius 3 is 2.63 bits per heavy atom. The average molecular weight is 488 g/mol. The fraction of sp³-hybridized carbons (Fsp3) is 0.368. The van der Waals surface area contributed by atoms with E-state index in [4.69, 9.17) is 4.42 Å². The van der Waals surface area contributed by atoms with Crippen molar-refractivity contribution in [2.75, 3.05) is 19.6 Å². The molecule has 0 atom stereocenters. The fourth-order valence-corrected chi connectivity index (χ4v) is 2.33. The molecule has 2 rings (SSSR count). The Kier molecular flexibility index (Phi) is 10.5. The van der Waals surface area contributed by atoms with Crippen molar-refractivity contribution in [3.05, 3.63) is 59.3 Å². The highest BCUT2D eigenvalue weighted by Gasteiger charge is 2.11. The van der Waals surface area contributed by atoms with Gasteiger partial charge in [-0.2, -0.15) is 0 Å². The predicted octanol–water partition coefficient (Wildman–Crippen LogP) is 3.22. The fourth-order valence-electron chi connectivity index (χ4n) is 2.33. The number of hydrogen-bond donors (Lipinski definition) is 3. The van der Waals surface area contributed by atoms with Crippen LogP contribution in [-0.4, -0.2) is 31.5 Å². The first-order chi connectivity index (χ1) is 12.6. The monoisotopic (exact) mass is 488 g/mol. The third-order valence-corrected chi connectivity index (χ3v) is 3.65. The molecule has 8 heteroatoms. The molecular formula is C19H26FIN4O2. The first kappa shape index (κ1) is 22.9. The van der Waals surface area contributed by atoms with Crippen LogP contribution in [0.25, 0.3) is 0 Å². The number of guanidine groups is 1. The lowest BCUT2D eigenvalue weighted by Gasteiger charge is -2.11. The summed E-state index contributed by atoms with van der Waals surface area (Å²) in [5, 5.41) is 9.16. The summed E-state index contributed by atoms with van der Waals surface area (Å²) in [7, 11) is 0. The SMILES string of the molecule is CCNC(=NCc1cccc(F)c1)NCCCNC(=O)c1occc1C.I. The third kappa shape index (κ3) is 7.98. The molecule has 0 aliphatic heterocycles. The zero-order valence-electron chi connectivity index (χ0n) is 15.5. The largest absolute Gasteiger partial charge is 0.459 e. The van der Waals surface area contributed by atoms with Crippen molar-refractivity contribution in [3.63, 3.8) is 0 Å². The normalized spacial score (nSPS) is 10.9. The number of amides is 1. The third-order valence-electron chi connectivity index (χ3n) is 3.65. The number of aliphatic imine (C=N–C) groups is 1. The molecule has 1 aromatic heterocycles. The molecule has 0 radical (unpaired) electrons. The Balaban J connectivity index is 0.00000364. The van der Waals surface area contributed by atoms with Crippen molar-refractivity contribution in [2.24, 2.45) is 4.99 Å². The molecule has 27 heavy (non-hydrogen) atoms. The highest BCUT2D eigenvalue weighted by atomic mass is 127. The average Bonchev–Trinajstić information content (AvgIpc) is 3.05. The van der Waals surface area contributed by atoms with Crippen LogP contribution in [0.2, 0.25) is 0 Å². The minimum atomic E-state index is -0.266. The summed E-state index contributed by atoms with van der Waals surface area (Å²) in [6, 6.07) is 8.15. The Morgan fingerprint density at radius 2 is 1.96 bits per heavy atom. The van der Waals surface area contributed by atoms with Crippen molar-refractivity contribution >= 4 is 35.8 Å². The Labute approximate surface area is 176 Å². The van der Waals surface area contributed by atoms with Crippen LogP contribution in [0.15, 0.2) is 46.0 Å². The molecule has 0 saturated heterocycles. The molecule has 0 spiro atoms. The number of furan rings is 1. The van der Waals surface area contributed by atoms with Gasteiger partial charge in [0.2, 0.25) is 0 Å². The van der Waals surface area contributed by atoms with E-state index in [0.717, 1.165) is 24.1 Å². The van der Waals surface area contributed by atoms with E-state index in [2.05, 4.69) is 20.9 Å². The van der Waals surface area contributed by atoms with E-state index in [1.54, 1.807) is 12.1 Å². The van der Waals surface area contributed by atoms with E-state index in [0.29, 0.717) is 31.4 Å². The molecule has 1 amide bonds. The minimum Gasteiger partial charge on any atom is -0.459 e. The van der Waals surface area contributed by atoms with Gasteiger partial charge in [0.1, 0.15) is 5.82 Å². The quantitative estimate of drug-likeness (QED) is 0.231. The zero-order chi connectivity index (χ0) is 18.8. The second-order valence-corrected chi connectivity index (χ2v) is 5.79. The van der Waals surface area contributed by atoms with Gasteiger partial charge in [-0.3, -0.25) is 4.79 Å². The highest BCUT2D eigenvalue weighted by Crippen LogP contribution is 2.08. The predicted molar refractivity (Wildman–Crippen MR) is 115 cm³/mol. The van der Waals surface area contributed by atoms with Crippen LogP contribution in [0.1, 0.15) is 35.0 Å². The van der Waals surface area contributed by atoms with Gasteiger partial charge in [0.25, 0.3) is 5.91 Å². The van der Waals surface area contributed by atoms with Crippen molar-refractivity contribution in [1.82, 2.24) is 16.0 Å². The number of carbonyl (C=O) groups excluding carboxylic acids is 1. The summed E-state index contributed by atoms with van der Waals surface area (Å²) in [6.07, 6.45) is 2.24. The summed E-state index contributed by atoms with van der Waals surface area (Å²) in [6.45, 7) is 6.09. The molecule has 1 aromatic carbocycles. The van der Waals surface area contributed by atoms with Crippen LogP contribution in [0.4, 0.5) is 4.39 Å². The second kappa shape index (κ2) is 12.3. The van der Waals surface area contributed by atoms with Crippen molar-refractivity contribution in [1.29, 1.82) is 0 Å². The summed E-state index contributed by atoms with van der Waals surface area (Å²) >= 11 is 0. The first-order valence-electron chi connectivity index (χ1n) is 8.69. The van der Waals surface area contributed by atoms with Gasteiger partial charge < -0.3 is 20.4 Å². The van der Waals surface area contributed by atoms with Crippen LogP contribution in [0, 0.1) is 12.7 Å². The van der Waals surface area contributed by atoms with Gasteiger partial charge in [-0.05, 0) is 44.0 Å². The zero-order valence-corrected chi connectivity index (χ0v) is 17.9. The maximum Gasteiger partial charge on any atom is 0.287 e. The maximum absolute atomic E-state index is 13.2. The Bertz CT molecular complexity index is 749.